The van der Waals surface area contributed by atoms with E-state index in [0.29, 0.717) is 5.75 Å². The Bertz CT molecular complexity index is 609. The summed E-state index contributed by atoms with van der Waals surface area (Å²) in [6.45, 7) is 0.318. The normalized spacial score (nSPS) is 28.1. The van der Waals surface area contributed by atoms with E-state index in [2.05, 4.69) is 5.10 Å². The topological polar surface area (TPSA) is 84.7 Å². The molecule has 0 unspecified atom stereocenters. The molecule has 0 radical (unpaired) electrons. The second-order valence-electron chi connectivity index (χ2n) is 6.20. The lowest BCUT2D eigenvalue weighted by Gasteiger charge is -2.26. The summed E-state index contributed by atoms with van der Waals surface area (Å²) in [5.74, 6) is 0.545. The third-order valence-electron chi connectivity index (χ3n) is 4.51. The van der Waals surface area contributed by atoms with Crippen LogP contribution in [-0.2, 0) is 17.1 Å². The number of aromatic nitrogens is 2. The monoisotopic (exact) mass is 329 g/mol. The van der Waals surface area contributed by atoms with Crippen molar-refractivity contribution in [3.8, 4) is 5.75 Å². The Morgan fingerprint density at radius 2 is 2.00 bits per heavy atom. The lowest BCUT2D eigenvalue weighted by Crippen LogP contribution is -2.39. The van der Waals surface area contributed by atoms with Gasteiger partial charge in [-0.15, -0.1) is 0 Å². The van der Waals surface area contributed by atoms with Crippen molar-refractivity contribution < 1.29 is 18.3 Å². The fourth-order valence-corrected chi connectivity index (χ4v) is 5.32. The summed E-state index contributed by atoms with van der Waals surface area (Å²) in [7, 11) is -1.57. The number of aliphatic hydroxyl groups excluding tert-OH is 1. The largest absolute Gasteiger partial charge is 0.483 e. The van der Waals surface area contributed by atoms with E-state index < -0.39 is 22.2 Å². The Kier molecular flexibility index (Phi) is 4.42. The van der Waals surface area contributed by atoms with Crippen LogP contribution in [0.5, 0.6) is 5.75 Å². The number of rotatable bonds is 4. The first kappa shape index (κ1) is 15.8. The summed E-state index contributed by atoms with van der Waals surface area (Å²) >= 11 is 0. The zero-order valence-electron chi connectivity index (χ0n) is 12.8. The summed E-state index contributed by atoms with van der Waals surface area (Å²) in [5, 5.41) is 13.8. The van der Waals surface area contributed by atoms with Gasteiger partial charge in [-0.25, -0.2) is 8.42 Å². The maximum atomic E-state index is 12.7. The van der Waals surface area contributed by atoms with Crippen molar-refractivity contribution in [2.24, 2.45) is 7.05 Å². The van der Waals surface area contributed by atoms with Crippen LogP contribution >= 0.6 is 0 Å². The smallest absolute Gasteiger partial charge is 0.217 e. The first-order valence-corrected chi connectivity index (χ1v) is 9.29. The molecule has 0 spiro atoms. The quantitative estimate of drug-likeness (QED) is 0.870. The number of hydrogen-bond acceptors (Lipinski definition) is 5. The van der Waals surface area contributed by atoms with E-state index in [0.717, 1.165) is 32.1 Å². The number of β-amino-alcohol motifs (C(OH)–C–C–N with tert-alkyl or cyclic N) is 1. The fraction of sp³-hybridized carbons (Fsp3) is 0.786. The molecule has 1 aromatic heterocycles. The van der Waals surface area contributed by atoms with Gasteiger partial charge in [0.25, 0.3) is 0 Å². The van der Waals surface area contributed by atoms with Gasteiger partial charge >= 0.3 is 0 Å². The van der Waals surface area contributed by atoms with Gasteiger partial charge < -0.3 is 9.84 Å². The van der Waals surface area contributed by atoms with Crippen molar-refractivity contribution in [3.63, 3.8) is 0 Å². The zero-order valence-corrected chi connectivity index (χ0v) is 13.6. The molecule has 1 N–H and O–H groups in total. The second kappa shape index (κ2) is 6.17. The number of aliphatic hydroxyl groups is 1. The molecule has 2 atom stereocenters. The van der Waals surface area contributed by atoms with E-state index in [4.69, 9.17) is 4.74 Å². The van der Waals surface area contributed by atoms with Crippen molar-refractivity contribution in [3.05, 3.63) is 12.4 Å². The van der Waals surface area contributed by atoms with Gasteiger partial charge in [0.1, 0.15) is 12.2 Å². The summed E-state index contributed by atoms with van der Waals surface area (Å²) in [4.78, 5) is 0. The number of ether oxygens (including phenoxy) is 1. The molecular formula is C14H23N3O4S. The molecule has 1 saturated heterocycles. The predicted octanol–water partition coefficient (Wildman–Crippen LogP) is 0.506. The highest BCUT2D eigenvalue weighted by atomic mass is 32.2. The molecule has 1 saturated carbocycles. The minimum absolute atomic E-state index is 0.115. The van der Waals surface area contributed by atoms with Crippen molar-refractivity contribution in [1.29, 1.82) is 0 Å². The molecule has 1 aliphatic heterocycles. The lowest BCUT2D eigenvalue weighted by atomic mass is 10.0. The number of hydrogen-bond donors (Lipinski definition) is 1. The zero-order chi connectivity index (χ0) is 15.7. The van der Waals surface area contributed by atoms with Crippen LogP contribution in [0, 0.1) is 0 Å². The van der Waals surface area contributed by atoms with Gasteiger partial charge in [0.2, 0.25) is 10.0 Å². The van der Waals surface area contributed by atoms with E-state index in [9.17, 15) is 13.5 Å². The fourth-order valence-electron chi connectivity index (χ4n) is 3.25. The van der Waals surface area contributed by atoms with Crippen molar-refractivity contribution in [2.45, 2.75) is 49.6 Å². The molecule has 0 bridgehead atoms. The van der Waals surface area contributed by atoms with Gasteiger partial charge in [0.15, 0.2) is 5.75 Å². The van der Waals surface area contributed by atoms with E-state index in [1.165, 1.54) is 4.31 Å². The molecule has 7 nitrogen and oxygen atoms in total. The van der Waals surface area contributed by atoms with Crippen molar-refractivity contribution in [1.82, 2.24) is 14.1 Å². The maximum absolute atomic E-state index is 12.7. The Hall–Kier alpha value is -1.12. The number of aryl methyl sites for hydroxylation is 1. The SMILES string of the molecule is Cn1cc(O[C@@H]2CN(S(=O)(=O)C3CCCCC3)C[C@H]2O)cn1. The highest BCUT2D eigenvalue weighted by molar-refractivity contribution is 7.89. The van der Waals surface area contributed by atoms with E-state index in [1.54, 1.807) is 24.1 Å². The highest BCUT2D eigenvalue weighted by Gasteiger charge is 2.42. The van der Waals surface area contributed by atoms with Gasteiger partial charge in [-0.3, -0.25) is 4.68 Å². The van der Waals surface area contributed by atoms with Crippen molar-refractivity contribution >= 4 is 10.0 Å². The Balaban J connectivity index is 1.66. The third-order valence-corrected chi connectivity index (χ3v) is 6.84. The summed E-state index contributed by atoms with van der Waals surface area (Å²) in [6.07, 6.45) is 6.41. The number of sulfonamides is 1. The Morgan fingerprint density at radius 1 is 1.27 bits per heavy atom. The molecule has 1 aliphatic carbocycles. The summed E-state index contributed by atoms with van der Waals surface area (Å²) < 4.78 is 34.0. The van der Waals surface area contributed by atoms with Crippen LogP contribution in [0.2, 0.25) is 0 Å². The van der Waals surface area contributed by atoms with Gasteiger partial charge in [-0.1, -0.05) is 19.3 Å². The molecule has 2 heterocycles. The Morgan fingerprint density at radius 3 is 2.64 bits per heavy atom. The van der Waals surface area contributed by atoms with E-state index in [1.807, 2.05) is 0 Å². The standard InChI is InChI=1S/C14H23N3O4S/c1-16-8-11(7-15-16)21-14-10-17(9-13(14)18)22(19,20)12-5-3-2-4-6-12/h7-8,12-14,18H,2-6,9-10H2,1H3/t13-,14-/m1/s1. The molecule has 8 heteroatoms. The molecule has 2 aliphatic rings. The van der Waals surface area contributed by atoms with E-state index in [-0.39, 0.29) is 18.3 Å². The van der Waals surface area contributed by atoms with Gasteiger partial charge in [-0.05, 0) is 12.8 Å². The summed E-state index contributed by atoms with van der Waals surface area (Å²) in [5.41, 5.74) is 0. The lowest BCUT2D eigenvalue weighted by molar-refractivity contribution is 0.0737. The van der Waals surface area contributed by atoms with E-state index >= 15 is 0 Å². The van der Waals surface area contributed by atoms with Crippen LogP contribution in [0.15, 0.2) is 12.4 Å². The average Bonchev–Trinajstić information content (AvgIpc) is 3.07. The predicted molar refractivity (Wildman–Crippen MR) is 81.0 cm³/mol. The van der Waals surface area contributed by atoms with Crippen LogP contribution in [0.1, 0.15) is 32.1 Å². The highest BCUT2D eigenvalue weighted by Crippen LogP contribution is 2.29. The first-order valence-electron chi connectivity index (χ1n) is 7.79. The molecule has 0 amide bonds. The van der Waals surface area contributed by atoms with Crippen LogP contribution in [-0.4, -0.2) is 58.2 Å². The minimum atomic E-state index is -3.34. The summed E-state index contributed by atoms with van der Waals surface area (Å²) in [6, 6.07) is 0. The van der Waals surface area contributed by atoms with Crippen molar-refractivity contribution in [2.75, 3.05) is 13.1 Å². The molecule has 1 aromatic rings. The van der Waals surface area contributed by atoms with Crippen LogP contribution in [0.4, 0.5) is 0 Å². The molecule has 0 aromatic carbocycles. The third kappa shape index (κ3) is 3.13. The average molecular weight is 329 g/mol. The van der Waals surface area contributed by atoms with Gasteiger partial charge in [0, 0.05) is 13.6 Å². The molecule has 3 rings (SSSR count). The second-order valence-corrected chi connectivity index (χ2v) is 8.41. The molecular weight excluding hydrogens is 306 g/mol. The van der Waals surface area contributed by atoms with Crippen LogP contribution in [0.25, 0.3) is 0 Å². The number of nitrogens with zero attached hydrogens (tertiary/aromatic N) is 3. The van der Waals surface area contributed by atoms with Gasteiger partial charge in [0.05, 0.1) is 24.2 Å². The van der Waals surface area contributed by atoms with Crippen LogP contribution in [0.3, 0.4) is 0 Å². The van der Waals surface area contributed by atoms with Crippen LogP contribution < -0.4 is 4.74 Å². The molecule has 2 fully saturated rings. The minimum Gasteiger partial charge on any atom is -0.483 e. The first-order chi connectivity index (χ1) is 10.5. The van der Waals surface area contributed by atoms with Gasteiger partial charge in [-0.2, -0.15) is 9.40 Å². The molecule has 124 valence electrons. The molecule has 22 heavy (non-hydrogen) atoms. The Labute approximate surface area is 130 Å². The maximum Gasteiger partial charge on any atom is 0.217 e.